The van der Waals surface area contributed by atoms with Crippen LogP contribution in [0.4, 0.5) is 5.82 Å². The van der Waals surface area contributed by atoms with E-state index in [1.54, 1.807) is 6.20 Å². The Bertz CT molecular complexity index is 891. The number of hydrogen-bond donors (Lipinski definition) is 1. The van der Waals surface area contributed by atoms with Gasteiger partial charge in [0.1, 0.15) is 5.82 Å². The van der Waals surface area contributed by atoms with Gasteiger partial charge < -0.3 is 5.32 Å². The van der Waals surface area contributed by atoms with Crippen molar-refractivity contribution in [1.82, 2.24) is 4.98 Å². The van der Waals surface area contributed by atoms with Crippen molar-refractivity contribution in [2.75, 3.05) is 5.32 Å². The van der Waals surface area contributed by atoms with Gasteiger partial charge in [-0.1, -0.05) is 59.6 Å². The molecule has 0 saturated heterocycles. The van der Waals surface area contributed by atoms with Crippen molar-refractivity contribution in [2.45, 2.75) is 13.3 Å². The highest BCUT2D eigenvalue weighted by atomic mass is 35.5. The summed E-state index contributed by atoms with van der Waals surface area (Å²) in [5.41, 5.74) is 3.86. The van der Waals surface area contributed by atoms with E-state index in [1.807, 2.05) is 54.6 Å². The first kappa shape index (κ1) is 17.5. The van der Waals surface area contributed by atoms with Gasteiger partial charge in [0.2, 0.25) is 5.91 Å². The molecule has 126 valence electrons. The average molecular weight is 371 g/mol. The van der Waals surface area contributed by atoms with E-state index in [1.165, 1.54) is 6.92 Å². The second-order valence-corrected chi connectivity index (χ2v) is 6.47. The summed E-state index contributed by atoms with van der Waals surface area (Å²) in [6, 6.07) is 17.3. The lowest BCUT2D eigenvalue weighted by atomic mass is 9.96. The van der Waals surface area contributed by atoms with Crippen LogP contribution in [0.15, 0.2) is 60.8 Å². The van der Waals surface area contributed by atoms with Crippen LogP contribution in [-0.2, 0) is 11.2 Å². The molecule has 3 rings (SSSR count). The molecule has 0 aliphatic carbocycles. The molecule has 1 aromatic heterocycles. The first-order chi connectivity index (χ1) is 12.0. The number of anilines is 1. The van der Waals surface area contributed by atoms with E-state index in [-0.39, 0.29) is 5.91 Å². The maximum atomic E-state index is 11.3. The minimum atomic E-state index is -0.159. The van der Waals surface area contributed by atoms with Gasteiger partial charge in [0.15, 0.2) is 0 Å². The van der Waals surface area contributed by atoms with E-state index in [0.717, 1.165) is 22.3 Å². The summed E-state index contributed by atoms with van der Waals surface area (Å²) in [6.07, 6.45) is 2.31. The minimum Gasteiger partial charge on any atom is -0.311 e. The number of aromatic nitrogens is 1. The molecule has 3 nitrogen and oxygen atoms in total. The van der Waals surface area contributed by atoms with Crippen LogP contribution in [0.3, 0.4) is 0 Å². The van der Waals surface area contributed by atoms with Crippen molar-refractivity contribution in [3.63, 3.8) is 0 Å². The lowest BCUT2D eigenvalue weighted by molar-refractivity contribution is -0.114. The zero-order chi connectivity index (χ0) is 17.8. The molecular weight excluding hydrogens is 355 g/mol. The number of nitrogens with one attached hydrogen (secondary N) is 1. The van der Waals surface area contributed by atoms with Crippen molar-refractivity contribution < 1.29 is 4.79 Å². The third kappa shape index (κ3) is 4.19. The lowest BCUT2D eigenvalue weighted by Gasteiger charge is -2.13. The summed E-state index contributed by atoms with van der Waals surface area (Å²) in [5.74, 6) is 0.355. The number of benzene rings is 2. The molecule has 0 fully saturated rings. The van der Waals surface area contributed by atoms with Gasteiger partial charge in [-0.3, -0.25) is 4.79 Å². The number of hydrogen-bond acceptors (Lipinski definition) is 2. The van der Waals surface area contributed by atoms with Crippen molar-refractivity contribution in [3.05, 3.63) is 82.0 Å². The highest BCUT2D eigenvalue weighted by molar-refractivity contribution is 6.36. The van der Waals surface area contributed by atoms with E-state index in [4.69, 9.17) is 23.2 Å². The monoisotopic (exact) mass is 370 g/mol. The number of rotatable bonds is 4. The second-order valence-electron chi connectivity index (χ2n) is 5.65. The van der Waals surface area contributed by atoms with Gasteiger partial charge in [-0.2, -0.15) is 0 Å². The first-order valence-corrected chi connectivity index (χ1v) is 8.55. The van der Waals surface area contributed by atoms with Crippen LogP contribution in [0.25, 0.3) is 11.1 Å². The Morgan fingerprint density at radius 2 is 1.72 bits per heavy atom. The summed E-state index contributed by atoms with van der Waals surface area (Å²) in [5, 5.41) is 3.97. The van der Waals surface area contributed by atoms with Crippen molar-refractivity contribution in [2.24, 2.45) is 0 Å². The second kappa shape index (κ2) is 7.68. The molecule has 0 radical (unpaired) electrons. The first-order valence-electron chi connectivity index (χ1n) is 7.79. The summed E-state index contributed by atoms with van der Waals surface area (Å²) in [6.45, 7) is 1.46. The Morgan fingerprint density at radius 1 is 1.04 bits per heavy atom. The van der Waals surface area contributed by atoms with Gasteiger partial charge in [-0.15, -0.1) is 0 Å². The summed E-state index contributed by atoms with van der Waals surface area (Å²) >= 11 is 12.6. The van der Waals surface area contributed by atoms with Gasteiger partial charge in [0.05, 0.1) is 0 Å². The van der Waals surface area contributed by atoms with Crippen molar-refractivity contribution >= 4 is 34.9 Å². The molecule has 0 atom stereocenters. The maximum Gasteiger partial charge on any atom is 0.222 e. The zero-order valence-electron chi connectivity index (χ0n) is 13.6. The zero-order valence-corrected chi connectivity index (χ0v) is 15.1. The van der Waals surface area contributed by atoms with Gasteiger partial charge in [-0.25, -0.2) is 4.98 Å². The molecule has 0 spiro atoms. The molecule has 0 aliphatic rings. The van der Waals surface area contributed by atoms with Crippen LogP contribution in [0.2, 0.25) is 10.0 Å². The highest BCUT2D eigenvalue weighted by Crippen LogP contribution is 2.32. The predicted octanol–water partition coefficient (Wildman–Crippen LogP) is 5.60. The predicted molar refractivity (Wildman–Crippen MR) is 103 cm³/mol. The smallest absolute Gasteiger partial charge is 0.222 e. The number of nitrogens with zero attached hydrogens (tertiary/aromatic N) is 1. The van der Waals surface area contributed by atoms with E-state index in [9.17, 15) is 4.79 Å². The van der Waals surface area contributed by atoms with E-state index in [0.29, 0.717) is 22.3 Å². The van der Waals surface area contributed by atoms with Gasteiger partial charge >= 0.3 is 0 Å². The van der Waals surface area contributed by atoms with Crippen LogP contribution < -0.4 is 5.32 Å². The summed E-state index contributed by atoms with van der Waals surface area (Å²) in [4.78, 5) is 15.7. The van der Waals surface area contributed by atoms with Crippen LogP contribution in [0.5, 0.6) is 0 Å². The number of carbonyl (C=O) groups excluding carboxylic acids is 1. The quantitative estimate of drug-likeness (QED) is 0.648. The van der Waals surface area contributed by atoms with E-state index >= 15 is 0 Å². The molecule has 0 unspecified atom stereocenters. The fourth-order valence-electron chi connectivity index (χ4n) is 2.65. The number of amides is 1. The van der Waals surface area contributed by atoms with Crippen LogP contribution in [0.1, 0.15) is 18.1 Å². The van der Waals surface area contributed by atoms with E-state index in [2.05, 4.69) is 10.3 Å². The highest BCUT2D eigenvalue weighted by Gasteiger charge is 2.13. The Labute approximate surface area is 156 Å². The minimum absolute atomic E-state index is 0.159. The number of halogens is 2. The largest absolute Gasteiger partial charge is 0.311 e. The molecule has 0 aliphatic heterocycles. The van der Waals surface area contributed by atoms with Gasteiger partial charge in [0, 0.05) is 29.6 Å². The Balaban J connectivity index is 2.08. The molecule has 0 saturated carbocycles. The van der Waals surface area contributed by atoms with Gasteiger partial charge in [-0.05, 0) is 40.5 Å². The Hall–Kier alpha value is -2.36. The molecule has 1 amide bonds. The third-order valence-electron chi connectivity index (χ3n) is 3.80. The SMILES string of the molecule is CC(=O)Nc1cc(-c2ccccc2)c(Cc2c(Cl)cccc2Cl)cn1. The summed E-state index contributed by atoms with van der Waals surface area (Å²) in [7, 11) is 0. The maximum absolute atomic E-state index is 11.3. The third-order valence-corrected chi connectivity index (χ3v) is 4.51. The average Bonchev–Trinajstić information content (AvgIpc) is 2.59. The fourth-order valence-corrected chi connectivity index (χ4v) is 3.18. The Morgan fingerprint density at radius 3 is 2.36 bits per heavy atom. The molecule has 25 heavy (non-hydrogen) atoms. The fraction of sp³-hybridized carbons (Fsp3) is 0.100. The normalized spacial score (nSPS) is 10.5. The number of pyridine rings is 1. The molecule has 2 aromatic carbocycles. The van der Waals surface area contributed by atoms with Crippen LogP contribution >= 0.6 is 23.2 Å². The molecule has 5 heteroatoms. The van der Waals surface area contributed by atoms with E-state index < -0.39 is 0 Å². The lowest BCUT2D eigenvalue weighted by Crippen LogP contribution is -2.08. The molecule has 0 bridgehead atoms. The topological polar surface area (TPSA) is 42.0 Å². The van der Waals surface area contributed by atoms with Crippen molar-refractivity contribution in [1.29, 1.82) is 0 Å². The molecule has 1 N–H and O–H groups in total. The Kier molecular flexibility index (Phi) is 5.37. The summed E-state index contributed by atoms with van der Waals surface area (Å²) < 4.78 is 0. The van der Waals surface area contributed by atoms with Crippen molar-refractivity contribution in [3.8, 4) is 11.1 Å². The van der Waals surface area contributed by atoms with Crippen LogP contribution in [-0.4, -0.2) is 10.9 Å². The molecule has 3 aromatic rings. The molecule has 1 heterocycles. The standard InChI is InChI=1S/C20H16Cl2N2O/c1-13(25)24-20-11-16(14-6-3-2-4-7-14)15(12-23-20)10-17-18(21)8-5-9-19(17)22/h2-9,11-12H,10H2,1H3,(H,23,24,25). The van der Waals surface area contributed by atoms with Gasteiger partial charge in [0.25, 0.3) is 0 Å². The van der Waals surface area contributed by atoms with Crippen LogP contribution in [0, 0.1) is 0 Å². The molecular formula is C20H16Cl2N2O. The number of carbonyl (C=O) groups is 1.